The van der Waals surface area contributed by atoms with Crippen molar-refractivity contribution in [3.05, 3.63) is 76.4 Å². The Morgan fingerprint density at radius 3 is 1.98 bits per heavy atom. The first kappa shape index (κ1) is 34.9. The molecular formula is C25H20N6O8Re-4. The maximum atomic E-state index is 8.25. The first-order chi connectivity index (χ1) is 18.6. The average molecular weight is 719 g/mol. The van der Waals surface area contributed by atoms with Gasteiger partial charge in [0.2, 0.25) is 0 Å². The molecule has 0 amide bonds. The Bertz CT molecular complexity index is 1610. The molecule has 0 aliphatic rings. The van der Waals surface area contributed by atoms with Gasteiger partial charge in [0.25, 0.3) is 0 Å². The third kappa shape index (κ3) is 7.05. The molecule has 0 atom stereocenters. The number of hydrogen-bond acceptors (Lipinski definition) is 10. The summed E-state index contributed by atoms with van der Waals surface area (Å²) in [6.07, 6.45) is 5.57. The molecule has 0 aliphatic heterocycles. The normalized spacial score (nSPS) is 9.12. The van der Waals surface area contributed by atoms with Gasteiger partial charge in [-0.3, -0.25) is 30.3 Å². The predicted octanol–water partition coefficient (Wildman–Crippen LogP) is 2.93. The molecule has 0 saturated heterocycles. The van der Waals surface area contributed by atoms with Gasteiger partial charge in [0, 0.05) is 66.3 Å². The fourth-order valence-electron chi connectivity index (χ4n) is 3.89. The fourth-order valence-corrected chi connectivity index (χ4v) is 3.89. The molecule has 209 valence electrons. The van der Waals surface area contributed by atoms with E-state index < -0.39 is 5.09 Å². The molecule has 0 bridgehead atoms. The summed E-state index contributed by atoms with van der Waals surface area (Å²) < 4.78 is 5.40. The van der Waals surface area contributed by atoms with Gasteiger partial charge in [-0.25, -0.2) is 4.98 Å². The summed E-state index contributed by atoms with van der Waals surface area (Å²) >= 11 is 0. The number of imidazole rings is 1. The van der Waals surface area contributed by atoms with Crippen molar-refractivity contribution in [2.24, 2.45) is 0 Å². The van der Waals surface area contributed by atoms with Gasteiger partial charge in [-0.15, -0.1) is 0 Å². The number of hydrogen-bond donors (Lipinski definition) is 2. The van der Waals surface area contributed by atoms with Crippen LogP contribution >= 0.6 is 0 Å². The quantitative estimate of drug-likeness (QED) is 0.0874. The van der Waals surface area contributed by atoms with Crippen molar-refractivity contribution in [3.8, 4) is 17.1 Å². The number of carbonyl (C=O) groups excluding carboxylic acids is 3. The summed E-state index contributed by atoms with van der Waals surface area (Å²) in [7, 11) is 1.67. The van der Waals surface area contributed by atoms with Crippen LogP contribution in [0.1, 0.15) is 0 Å². The zero-order valence-corrected chi connectivity index (χ0v) is 23.2. The van der Waals surface area contributed by atoms with Crippen molar-refractivity contribution in [1.82, 2.24) is 24.9 Å². The topological polar surface area (TPSA) is 228 Å². The maximum Gasteiger partial charge on any atom is 0.140 e. The number of nitrogens with one attached hydrogen (secondary N) is 2. The molecule has 14 nitrogen and oxygen atoms in total. The third-order valence-corrected chi connectivity index (χ3v) is 5.21. The second kappa shape index (κ2) is 16.7. The number of benzene rings is 2. The van der Waals surface area contributed by atoms with Gasteiger partial charge in [0.1, 0.15) is 11.6 Å². The summed E-state index contributed by atoms with van der Waals surface area (Å²) in [4.78, 5) is 52.4. The Labute approximate surface area is 239 Å². The molecule has 0 unspecified atom stereocenters. The van der Waals surface area contributed by atoms with E-state index in [0.29, 0.717) is 0 Å². The number of rotatable bonds is 2. The molecule has 0 saturated carbocycles. The molecule has 40 heavy (non-hydrogen) atoms. The zero-order chi connectivity index (χ0) is 28.2. The molecule has 4 aromatic heterocycles. The van der Waals surface area contributed by atoms with Gasteiger partial charge in [-0.2, -0.15) is 0 Å². The Hall–Kier alpha value is -5.10. The number of aromatic amines is 2. The van der Waals surface area contributed by atoms with Crippen LogP contribution in [-0.2, 0) is 34.8 Å². The molecule has 0 spiro atoms. The Balaban J connectivity index is 0.00000114. The summed E-state index contributed by atoms with van der Waals surface area (Å²) in [6.45, 7) is 9.75. The molecule has 2 aromatic carbocycles. The van der Waals surface area contributed by atoms with Crippen molar-refractivity contribution in [3.63, 3.8) is 0 Å². The molecule has 0 aliphatic carbocycles. The van der Waals surface area contributed by atoms with Crippen LogP contribution in [0, 0.1) is 15.3 Å². The van der Waals surface area contributed by atoms with E-state index in [9.17, 15) is 0 Å². The van der Waals surface area contributed by atoms with E-state index in [1.165, 1.54) is 0 Å². The zero-order valence-electron chi connectivity index (χ0n) is 20.5. The largest absolute Gasteiger partial charge is 0.545 e. The van der Waals surface area contributed by atoms with Crippen LogP contribution in [0.4, 0.5) is 0 Å². The first-order valence-corrected chi connectivity index (χ1v) is 10.3. The van der Waals surface area contributed by atoms with E-state index in [4.69, 9.17) is 39.4 Å². The standard InChI is InChI=1S/C22H15N5O.3CHO.NO3.H2O.Re/c1-28-12-6-7-17-15(10-12)16(11-25-17)22-26-20-13-4-2-8-23-18(13)19-14(21(20)27-22)5-3-9-24-19;3*1-2;2-1(3)4;;/h2-11,25H,1H3,(H,26,27);3*1H;;1H2;/q;4*-1;;. The Morgan fingerprint density at radius 1 is 0.850 bits per heavy atom. The monoisotopic (exact) mass is 719 g/mol. The summed E-state index contributed by atoms with van der Waals surface area (Å²) in [6, 6.07) is 13.9. The van der Waals surface area contributed by atoms with E-state index >= 15 is 0 Å². The second-order valence-corrected chi connectivity index (χ2v) is 6.95. The minimum Gasteiger partial charge on any atom is -0.545 e. The first-order valence-electron chi connectivity index (χ1n) is 10.3. The van der Waals surface area contributed by atoms with Crippen molar-refractivity contribution >= 4 is 64.1 Å². The van der Waals surface area contributed by atoms with Crippen molar-refractivity contribution in [1.29, 1.82) is 0 Å². The SMILES string of the molecule is COc1ccc2[nH]cc(-c3nc4c5cccnc5c5ncccc5c4[nH]3)c2c1.O.O=[N+]([O-])[O-].[CH-]=O.[CH-]=O.[CH-]=O.[Re]. The van der Waals surface area contributed by atoms with E-state index in [0.717, 1.165) is 60.9 Å². The Morgan fingerprint density at radius 2 is 1.40 bits per heavy atom. The predicted molar refractivity (Wildman–Crippen MR) is 145 cm³/mol. The van der Waals surface area contributed by atoms with Crippen LogP contribution < -0.4 is 4.74 Å². The van der Waals surface area contributed by atoms with Gasteiger partial charge in [-0.1, -0.05) is 0 Å². The third-order valence-electron chi connectivity index (χ3n) is 5.21. The Kier molecular flexibility index (Phi) is 14.6. The van der Waals surface area contributed by atoms with Gasteiger partial charge in [0.05, 0.1) is 34.3 Å². The molecule has 6 aromatic rings. The molecule has 4 N–H and O–H groups in total. The van der Waals surface area contributed by atoms with E-state index in [-0.39, 0.29) is 25.9 Å². The van der Waals surface area contributed by atoms with Crippen LogP contribution in [-0.4, -0.2) is 63.0 Å². The number of aromatic nitrogens is 5. The van der Waals surface area contributed by atoms with Crippen LogP contribution in [0.3, 0.4) is 0 Å². The van der Waals surface area contributed by atoms with Crippen molar-refractivity contribution < 1.29 is 50.1 Å². The molecule has 1 radical (unpaired) electrons. The maximum absolute atomic E-state index is 8.25. The smallest absolute Gasteiger partial charge is 0.140 e. The van der Waals surface area contributed by atoms with Gasteiger partial charge in [-0.05, 0) is 42.5 Å². The van der Waals surface area contributed by atoms with Crippen LogP contribution in [0.25, 0.3) is 55.1 Å². The number of H-pyrrole nitrogens is 2. The minimum atomic E-state index is -1.75. The van der Waals surface area contributed by atoms with E-state index in [1.54, 1.807) is 19.5 Å². The van der Waals surface area contributed by atoms with Crippen LogP contribution in [0.5, 0.6) is 5.75 Å². The summed E-state index contributed by atoms with van der Waals surface area (Å²) in [5.41, 5.74) is 5.64. The molecule has 15 heteroatoms. The number of pyridine rings is 2. The van der Waals surface area contributed by atoms with E-state index in [1.807, 2.05) is 42.6 Å². The van der Waals surface area contributed by atoms with Gasteiger partial charge < -0.3 is 49.9 Å². The second-order valence-electron chi connectivity index (χ2n) is 6.95. The number of methoxy groups -OCH3 is 1. The number of ether oxygens (including phenoxy) is 1. The number of nitrogens with zero attached hydrogens (tertiary/aromatic N) is 4. The average Bonchev–Trinajstić information content (AvgIpc) is 3.61. The van der Waals surface area contributed by atoms with E-state index in [2.05, 4.69) is 46.4 Å². The van der Waals surface area contributed by atoms with Crippen molar-refractivity contribution in [2.75, 3.05) is 7.11 Å². The molecule has 4 heterocycles. The molecule has 0 fully saturated rings. The summed E-state index contributed by atoms with van der Waals surface area (Å²) in [5, 5.41) is 17.8. The van der Waals surface area contributed by atoms with Gasteiger partial charge >= 0.3 is 0 Å². The summed E-state index contributed by atoms with van der Waals surface area (Å²) in [5.74, 6) is 1.62. The van der Waals surface area contributed by atoms with Gasteiger partial charge in [0.15, 0.2) is 0 Å². The van der Waals surface area contributed by atoms with Crippen molar-refractivity contribution in [2.45, 2.75) is 0 Å². The molecule has 6 rings (SSSR count). The number of fused-ring (bicyclic) bond motifs is 7. The van der Waals surface area contributed by atoms with Crippen LogP contribution in [0.15, 0.2) is 61.1 Å². The molecular weight excluding hydrogens is 699 g/mol. The minimum absolute atomic E-state index is 0. The fraction of sp³-hybridized carbons (Fsp3) is 0.0400. The van der Waals surface area contributed by atoms with Crippen LogP contribution in [0.2, 0.25) is 0 Å².